The van der Waals surface area contributed by atoms with Crippen molar-refractivity contribution in [1.82, 2.24) is 15.0 Å². The molecule has 1 aromatic heterocycles. The van der Waals surface area contributed by atoms with Gasteiger partial charge in [-0.05, 0) is 39.8 Å². The summed E-state index contributed by atoms with van der Waals surface area (Å²) in [7, 11) is 0. The van der Waals surface area contributed by atoms with Gasteiger partial charge in [0.05, 0.1) is 12.1 Å². The standard InChI is InChI=1S/C13H24N4O/c1-13(2,14)12-15-11(18-16-12)10-17-8-6-4-3-5-7-9-17/h3-10,14H2,1-2H3. The third-order valence-corrected chi connectivity index (χ3v) is 3.35. The van der Waals surface area contributed by atoms with Gasteiger partial charge in [-0.2, -0.15) is 4.98 Å². The zero-order valence-electron chi connectivity index (χ0n) is 11.5. The van der Waals surface area contributed by atoms with Crippen LogP contribution in [0.25, 0.3) is 0 Å². The zero-order valence-corrected chi connectivity index (χ0v) is 11.5. The van der Waals surface area contributed by atoms with Crippen LogP contribution in [-0.4, -0.2) is 28.1 Å². The Balaban J connectivity index is 1.93. The largest absolute Gasteiger partial charge is 0.338 e. The molecule has 2 N–H and O–H groups in total. The number of nitrogens with two attached hydrogens (primary N) is 1. The van der Waals surface area contributed by atoms with Gasteiger partial charge in [-0.1, -0.05) is 24.4 Å². The van der Waals surface area contributed by atoms with Crippen LogP contribution in [0.1, 0.15) is 57.7 Å². The second kappa shape index (κ2) is 5.80. The maximum atomic E-state index is 5.95. The van der Waals surface area contributed by atoms with Crippen LogP contribution in [0, 0.1) is 0 Å². The van der Waals surface area contributed by atoms with Crippen molar-refractivity contribution in [3.05, 3.63) is 11.7 Å². The first-order chi connectivity index (χ1) is 8.55. The van der Waals surface area contributed by atoms with Crippen LogP contribution in [0.2, 0.25) is 0 Å². The molecule has 0 unspecified atom stereocenters. The molecule has 1 aliphatic heterocycles. The number of aromatic nitrogens is 2. The number of hydrogen-bond donors (Lipinski definition) is 1. The van der Waals surface area contributed by atoms with Gasteiger partial charge in [-0.25, -0.2) is 0 Å². The van der Waals surface area contributed by atoms with E-state index in [1.807, 2.05) is 13.8 Å². The molecule has 0 saturated carbocycles. The summed E-state index contributed by atoms with van der Waals surface area (Å²) < 4.78 is 5.28. The minimum atomic E-state index is -0.530. The van der Waals surface area contributed by atoms with Gasteiger partial charge in [0.25, 0.3) is 0 Å². The molecule has 1 saturated heterocycles. The lowest BCUT2D eigenvalue weighted by Gasteiger charge is -2.22. The zero-order chi connectivity index (χ0) is 13.0. The van der Waals surface area contributed by atoms with Crippen molar-refractivity contribution in [3.63, 3.8) is 0 Å². The highest BCUT2D eigenvalue weighted by Crippen LogP contribution is 2.15. The number of likely N-dealkylation sites (tertiary alicyclic amines) is 1. The molecule has 102 valence electrons. The molecule has 0 bridgehead atoms. The number of rotatable bonds is 3. The van der Waals surface area contributed by atoms with Gasteiger partial charge in [0, 0.05) is 0 Å². The van der Waals surface area contributed by atoms with E-state index < -0.39 is 5.54 Å². The Hall–Kier alpha value is -0.940. The first kappa shape index (κ1) is 13.5. The van der Waals surface area contributed by atoms with Crippen molar-refractivity contribution in [2.45, 2.75) is 58.0 Å². The molecule has 1 aliphatic rings. The minimum Gasteiger partial charge on any atom is -0.338 e. The number of hydrogen-bond acceptors (Lipinski definition) is 5. The maximum Gasteiger partial charge on any atom is 0.240 e. The van der Waals surface area contributed by atoms with E-state index in [1.165, 1.54) is 32.1 Å². The van der Waals surface area contributed by atoms with E-state index in [-0.39, 0.29) is 0 Å². The molecular formula is C13H24N4O. The van der Waals surface area contributed by atoms with E-state index >= 15 is 0 Å². The Labute approximate surface area is 109 Å². The van der Waals surface area contributed by atoms with E-state index in [9.17, 15) is 0 Å². The monoisotopic (exact) mass is 252 g/mol. The average Bonchev–Trinajstić information content (AvgIpc) is 2.69. The SMILES string of the molecule is CC(C)(N)c1noc(CN2CCCCCCC2)n1. The fraction of sp³-hybridized carbons (Fsp3) is 0.846. The van der Waals surface area contributed by atoms with Crippen molar-refractivity contribution in [2.24, 2.45) is 5.73 Å². The van der Waals surface area contributed by atoms with Crippen LogP contribution in [0.3, 0.4) is 0 Å². The molecule has 0 atom stereocenters. The van der Waals surface area contributed by atoms with Crippen molar-refractivity contribution >= 4 is 0 Å². The van der Waals surface area contributed by atoms with Gasteiger partial charge in [0.15, 0.2) is 5.82 Å². The minimum absolute atomic E-state index is 0.530. The van der Waals surface area contributed by atoms with Crippen LogP contribution in [0.15, 0.2) is 4.52 Å². The number of nitrogens with zero attached hydrogens (tertiary/aromatic N) is 3. The molecule has 0 aromatic carbocycles. The van der Waals surface area contributed by atoms with Crippen LogP contribution in [0.5, 0.6) is 0 Å². The molecule has 1 fully saturated rings. The molecule has 1 aromatic rings. The Morgan fingerprint density at radius 1 is 1.17 bits per heavy atom. The second-order valence-electron chi connectivity index (χ2n) is 5.78. The van der Waals surface area contributed by atoms with Gasteiger partial charge in [0.2, 0.25) is 5.89 Å². The van der Waals surface area contributed by atoms with E-state index in [1.54, 1.807) is 0 Å². The van der Waals surface area contributed by atoms with Gasteiger partial charge in [-0.15, -0.1) is 0 Å². The van der Waals surface area contributed by atoms with Crippen molar-refractivity contribution in [3.8, 4) is 0 Å². The summed E-state index contributed by atoms with van der Waals surface area (Å²) in [5.41, 5.74) is 5.42. The molecule has 5 heteroatoms. The normalized spacial score (nSPS) is 19.5. The molecule has 0 amide bonds. The highest BCUT2D eigenvalue weighted by atomic mass is 16.5. The van der Waals surface area contributed by atoms with Crippen molar-refractivity contribution in [1.29, 1.82) is 0 Å². The predicted molar refractivity (Wildman–Crippen MR) is 69.9 cm³/mol. The Bertz CT molecular complexity index is 361. The summed E-state index contributed by atoms with van der Waals surface area (Å²) in [6, 6.07) is 0. The lowest BCUT2D eigenvalue weighted by Crippen LogP contribution is -2.30. The Kier molecular flexibility index (Phi) is 4.35. The molecule has 18 heavy (non-hydrogen) atoms. The second-order valence-corrected chi connectivity index (χ2v) is 5.78. The van der Waals surface area contributed by atoms with Crippen molar-refractivity contribution < 1.29 is 4.52 Å². The highest BCUT2D eigenvalue weighted by Gasteiger charge is 2.22. The molecule has 0 aliphatic carbocycles. The fourth-order valence-corrected chi connectivity index (χ4v) is 2.24. The van der Waals surface area contributed by atoms with Gasteiger partial charge in [0.1, 0.15) is 0 Å². The topological polar surface area (TPSA) is 68.2 Å². The fourth-order valence-electron chi connectivity index (χ4n) is 2.24. The lowest BCUT2D eigenvalue weighted by molar-refractivity contribution is 0.208. The van der Waals surface area contributed by atoms with Crippen LogP contribution >= 0.6 is 0 Å². The van der Waals surface area contributed by atoms with Crippen LogP contribution in [0.4, 0.5) is 0 Å². The lowest BCUT2D eigenvalue weighted by atomic mass is 10.1. The van der Waals surface area contributed by atoms with Crippen molar-refractivity contribution in [2.75, 3.05) is 13.1 Å². The predicted octanol–water partition coefficient (Wildman–Crippen LogP) is 2.03. The molecule has 2 heterocycles. The molecular weight excluding hydrogens is 228 g/mol. The van der Waals surface area contributed by atoms with Gasteiger partial charge >= 0.3 is 0 Å². The van der Waals surface area contributed by atoms with E-state index in [2.05, 4.69) is 15.0 Å². The first-order valence-electron chi connectivity index (χ1n) is 6.90. The summed E-state index contributed by atoms with van der Waals surface area (Å²) in [6.07, 6.45) is 6.58. The quantitative estimate of drug-likeness (QED) is 0.891. The third-order valence-electron chi connectivity index (χ3n) is 3.35. The van der Waals surface area contributed by atoms with E-state index in [0.717, 1.165) is 19.6 Å². The molecule has 0 radical (unpaired) electrons. The summed E-state index contributed by atoms with van der Waals surface area (Å²) in [6.45, 7) is 6.78. The van der Waals surface area contributed by atoms with Gasteiger partial charge in [-0.3, -0.25) is 4.90 Å². The molecule has 2 rings (SSSR count). The average molecular weight is 252 g/mol. The van der Waals surface area contributed by atoms with Crippen LogP contribution < -0.4 is 5.73 Å². The summed E-state index contributed by atoms with van der Waals surface area (Å²) >= 11 is 0. The summed E-state index contributed by atoms with van der Waals surface area (Å²) in [5.74, 6) is 1.27. The smallest absolute Gasteiger partial charge is 0.240 e. The van der Waals surface area contributed by atoms with E-state index in [0.29, 0.717) is 11.7 Å². The Morgan fingerprint density at radius 2 is 1.78 bits per heavy atom. The molecule has 5 nitrogen and oxygen atoms in total. The van der Waals surface area contributed by atoms with E-state index in [4.69, 9.17) is 10.3 Å². The van der Waals surface area contributed by atoms with Crippen LogP contribution in [-0.2, 0) is 12.1 Å². The Morgan fingerprint density at radius 3 is 2.33 bits per heavy atom. The summed E-state index contributed by atoms with van der Waals surface area (Å²) in [5, 5.41) is 3.96. The highest BCUT2D eigenvalue weighted by molar-refractivity contribution is 4.99. The molecule has 0 spiro atoms. The maximum absolute atomic E-state index is 5.95. The first-order valence-corrected chi connectivity index (χ1v) is 6.90. The van der Waals surface area contributed by atoms with Gasteiger partial charge < -0.3 is 10.3 Å². The third kappa shape index (κ3) is 3.78. The summed E-state index contributed by atoms with van der Waals surface area (Å²) in [4.78, 5) is 6.79.